The van der Waals surface area contributed by atoms with Gasteiger partial charge in [-0.05, 0) is 54.5 Å². The standard InChI is InChI=1S/C22H30N2O4Si/c1-22(2,3)29(4,5)28-16-15-24(19-9-7-6-8-10-19)21(26)18-13-11-17(12-14-18)20(25)23-27/h6-14,27H,15-16H2,1-5H3,(H,23,25). The molecule has 6 nitrogen and oxygen atoms in total. The minimum Gasteiger partial charge on any atom is -0.415 e. The van der Waals surface area contributed by atoms with E-state index in [1.165, 1.54) is 12.1 Å². The average Bonchev–Trinajstić information content (AvgIpc) is 2.70. The van der Waals surface area contributed by atoms with Crippen LogP contribution in [0.25, 0.3) is 0 Å². The van der Waals surface area contributed by atoms with Gasteiger partial charge in [0, 0.05) is 23.4 Å². The first-order valence-electron chi connectivity index (χ1n) is 9.62. The third-order valence-electron chi connectivity index (χ3n) is 5.39. The Labute approximate surface area is 173 Å². The van der Waals surface area contributed by atoms with Gasteiger partial charge in [0.2, 0.25) is 0 Å². The minimum absolute atomic E-state index is 0.0949. The average molecular weight is 415 g/mol. The summed E-state index contributed by atoms with van der Waals surface area (Å²) in [5.74, 6) is -0.794. The van der Waals surface area contributed by atoms with Gasteiger partial charge in [-0.1, -0.05) is 39.0 Å². The summed E-state index contributed by atoms with van der Waals surface area (Å²) in [5.41, 5.74) is 3.10. The first-order valence-corrected chi connectivity index (χ1v) is 12.5. The summed E-state index contributed by atoms with van der Waals surface area (Å²) in [4.78, 5) is 26.4. The molecule has 0 unspecified atom stereocenters. The lowest BCUT2D eigenvalue weighted by molar-refractivity contribution is 0.0706. The van der Waals surface area contributed by atoms with Gasteiger partial charge >= 0.3 is 0 Å². The summed E-state index contributed by atoms with van der Waals surface area (Å²) >= 11 is 0. The first kappa shape index (κ1) is 22.8. The number of carbonyl (C=O) groups excluding carboxylic acids is 2. The van der Waals surface area contributed by atoms with Crippen LogP contribution in [-0.2, 0) is 4.43 Å². The number of nitrogens with zero attached hydrogens (tertiary/aromatic N) is 1. The molecule has 156 valence electrons. The summed E-state index contributed by atoms with van der Waals surface area (Å²) in [6.07, 6.45) is 0. The summed E-state index contributed by atoms with van der Waals surface area (Å²) in [7, 11) is -1.92. The molecule has 2 aromatic carbocycles. The van der Waals surface area contributed by atoms with E-state index in [-0.39, 0.29) is 16.5 Å². The lowest BCUT2D eigenvalue weighted by Crippen LogP contribution is -2.43. The molecule has 29 heavy (non-hydrogen) atoms. The van der Waals surface area contributed by atoms with Crippen molar-refractivity contribution in [1.82, 2.24) is 5.48 Å². The fourth-order valence-corrected chi connectivity index (χ4v) is 3.58. The van der Waals surface area contributed by atoms with E-state index in [9.17, 15) is 9.59 Å². The Morgan fingerprint density at radius 2 is 1.55 bits per heavy atom. The molecule has 0 fully saturated rings. The monoisotopic (exact) mass is 414 g/mol. The second-order valence-corrected chi connectivity index (χ2v) is 13.2. The van der Waals surface area contributed by atoms with Crippen LogP contribution in [0.2, 0.25) is 18.1 Å². The second-order valence-electron chi connectivity index (χ2n) is 8.42. The Morgan fingerprint density at radius 1 is 1.00 bits per heavy atom. The maximum absolute atomic E-state index is 13.2. The normalized spacial score (nSPS) is 11.8. The Bertz CT molecular complexity index is 830. The first-order chi connectivity index (χ1) is 13.6. The molecule has 0 heterocycles. The van der Waals surface area contributed by atoms with Gasteiger partial charge in [0.05, 0.1) is 6.61 Å². The van der Waals surface area contributed by atoms with Crippen molar-refractivity contribution >= 4 is 25.8 Å². The molecule has 0 saturated heterocycles. The molecule has 0 aliphatic heterocycles. The number of hydroxylamine groups is 1. The number of rotatable bonds is 7. The van der Waals surface area contributed by atoms with Crippen LogP contribution < -0.4 is 10.4 Å². The molecule has 0 spiro atoms. The van der Waals surface area contributed by atoms with Crippen molar-refractivity contribution in [1.29, 1.82) is 0 Å². The largest absolute Gasteiger partial charge is 0.415 e. The van der Waals surface area contributed by atoms with E-state index in [0.717, 1.165) is 5.69 Å². The molecule has 7 heteroatoms. The van der Waals surface area contributed by atoms with E-state index >= 15 is 0 Å². The highest BCUT2D eigenvalue weighted by Crippen LogP contribution is 2.36. The van der Waals surface area contributed by atoms with Crippen LogP contribution in [0.3, 0.4) is 0 Å². The molecular formula is C22H30N2O4Si. The molecule has 0 aromatic heterocycles. The van der Waals surface area contributed by atoms with Crippen molar-refractivity contribution in [3.63, 3.8) is 0 Å². The summed E-state index contributed by atoms with van der Waals surface area (Å²) in [6.45, 7) is 11.8. The SMILES string of the molecule is CC(C)(C)[Si](C)(C)OCCN(C(=O)c1ccc(C(=O)NO)cc1)c1ccccc1. The van der Waals surface area contributed by atoms with Gasteiger partial charge in [-0.25, -0.2) is 5.48 Å². The lowest BCUT2D eigenvalue weighted by Gasteiger charge is -2.36. The van der Waals surface area contributed by atoms with E-state index < -0.39 is 14.2 Å². The maximum atomic E-state index is 13.2. The van der Waals surface area contributed by atoms with Crippen molar-refractivity contribution in [3.8, 4) is 0 Å². The van der Waals surface area contributed by atoms with E-state index in [0.29, 0.717) is 18.7 Å². The molecule has 0 atom stereocenters. The number of para-hydroxylation sites is 1. The molecule has 0 aliphatic carbocycles. The van der Waals surface area contributed by atoms with E-state index in [2.05, 4.69) is 33.9 Å². The molecule has 2 amide bonds. The number of hydrogen-bond acceptors (Lipinski definition) is 4. The van der Waals surface area contributed by atoms with Gasteiger partial charge in [0.15, 0.2) is 8.32 Å². The topological polar surface area (TPSA) is 78.9 Å². The van der Waals surface area contributed by atoms with E-state index in [1.54, 1.807) is 22.5 Å². The maximum Gasteiger partial charge on any atom is 0.274 e. The van der Waals surface area contributed by atoms with Crippen LogP contribution in [0.1, 0.15) is 41.5 Å². The van der Waals surface area contributed by atoms with Crippen LogP contribution in [0.5, 0.6) is 0 Å². The Hall–Kier alpha value is -2.48. The number of nitrogens with one attached hydrogen (secondary N) is 1. The second kappa shape index (κ2) is 9.34. The number of anilines is 1. The van der Waals surface area contributed by atoms with Gasteiger partial charge in [0.1, 0.15) is 0 Å². The summed E-state index contributed by atoms with van der Waals surface area (Å²) in [6, 6.07) is 15.6. The molecule has 2 N–H and O–H groups in total. The highest BCUT2D eigenvalue weighted by atomic mass is 28.4. The van der Waals surface area contributed by atoms with Crippen molar-refractivity contribution < 1.29 is 19.2 Å². The predicted molar refractivity (Wildman–Crippen MR) is 117 cm³/mol. The highest BCUT2D eigenvalue weighted by molar-refractivity contribution is 6.74. The van der Waals surface area contributed by atoms with Gasteiger partial charge in [0.25, 0.3) is 11.8 Å². The quantitative estimate of drug-likeness (QED) is 0.398. The van der Waals surface area contributed by atoms with Gasteiger partial charge < -0.3 is 9.33 Å². The number of amides is 2. The Morgan fingerprint density at radius 3 is 2.07 bits per heavy atom. The Balaban J connectivity index is 2.20. The number of carbonyl (C=O) groups is 2. The lowest BCUT2D eigenvalue weighted by atomic mass is 10.1. The third kappa shape index (κ3) is 5.76. The van der Waals surface area contributed by atoms with Crippen LogP contribution in [-0.4, -0.2) is 38.5 Å². The van der Waals surface area contributed by atoms with Crippen molar-refractivity contribution in [2.75, 3.05) is 18.1 Å². The summed E-state index contributed by atoms with van der Waals surface area (Å²) in [5, 5.41) is 8.83. The number of benzene rings is 2. The predicted octanol–water partition coefficient (Wildman–Crippen LogP) is 4.47. The van der Waals surface area contributed by atoms with Crippen LogP contribution in [0.4, 0.5) is 5.69 Å². The molecule has 2 aromatic rings. The minimum atomic E-state index is -1.92. The van der Waals surface area contributed by atoms with E-state index in [1.807, 2.05) is 30.3 Å². The smallest absolute Gasteiger partial charge is 0.274 e. The fourth-order valence-electron chi connectivity index (χ4n) is 2.55. The van der Waals surface area contributed by atoms with Crippen LogP contribution in [0.15, 0.2) is 54.6 Å². The van der Waals surface area contributed by atoms with Gasteiger partial charge in [-0.3, -0.25) is 14.8 Å². The molecule has 0 saturated carbocycles. The fraction of sp³-hybridized carbons (Fsp3) is 0.364. The van der Waals surface area contributed by atoms with Gasteiger partial charge in [-0.15, -0.1) is 0 Å². The Kier molecular flexibility index (Phi) is 7.35. The van der Waals surface area contributed by atoms with Crippen LogP contribution >= 0.6 is 0 Å². The zero-order chi connectivity index (χ0) is 21.7. The molecular weight excluding hydrogens is 384 g/mol. The van der Waals surface area contributed by atoms with Gasteiger partial charge in [-0.2, -0.15) is 0 Å². The molecule has 0 aliphatic rings. The summed E-state index contributed by atoms with van der Waals surface area (Å²) < 4.78 is 6.26. The molecule has 0 radical (unpaired) electrons. The molecule has 2 rings (SSSR count). The zero-order valence-corrected chi connectivity index (χ0v) is 18.7. The van der Waals surface area contributed by atoms with Crippen molar-refractivity contribution in [2.45, 2.75) is 38.9 Å². The molecule has 0 bridgehead atoms. The third-order valence-corrected chi connectivity index (χ3v) is 9.93. The highest BCUT2D eigenvalue weighted by Gasteiger charge is 2.37. The van der Waals surface area contributed by atoms with Crippen molar-refractivity contribution in [2.24, 2.45) is 0 Å². The number of hydrogen-bond donors (Lipinski definition) is 2. The van der Waals surface area contributed by atoms with Crippen LogP contribution in [0, 0.1) is 0 Å². The van der Waals surface area contributed by atoms with E-state index in [4.69, 9.17) is 9.63 Å². The van der Waals surface area contributed by atoms with Crippen molar-refractivity contribution in [3.05, 3.63) is 65.7 Å². The zero-order valence-electron chi connectivity index (χ0n) is 17.7.